The zero-order valence-corrected chi connectivity index (χ0v) is 20.5. The lowest BCUT2D eigenvalue weighted by atomic mass is 9.78. The molecule has 2 rings (SSSR count). The number of hydrogen-bond donors (Lipinski definition) is 1. The van der Waals surface area contributed by atoms with Crippen molar-refractivity contribution < 1.29 is 37.9 Å². The molecule has 182 valence electrons. The fraction of sp³-hybridized carbons (Fsp3) is 0.609. The van der Waals surface area contributed by atoms with Crippen LogP contribution >= 0.6 is 0 Å². The largest absolute Gasteiger partial charge is 0.494 e. The minimum atomic E-state index is -1.19. The first kappa shape index (κ1) is 26.7. The lowest BCUT2D eigenvalue weighted by Gasteiger charge is -2.32. The summed E-state index contributed by atoms with van der Waals surface area (Å²) in [6.07, 6.45) is -0.339. The molecule has 1 aliphatic heterocycles. The second kappa shape index (κ2) is 11.0. The van der Waals surface area contributed by atoms with Crippen molar-refractivity contribution in [1.82, 2.24) is 5.32 Å². The van der Waals surface area contributed by atoms with E-state index in [2.05, 4.69) is 5.32 Å². The molecule has 1 saturated heterocycles. The van der Waals surface area contributed by atoms with Gasteiger partial charge in [0.25, 0.3) is 5.91 Å². The number of benzene rings is 1. The molecular formula is C23H34BNO8. The zero-order valence-electron chi connectivity index (χ0n) is 20.5. The van der Waals surface area contributed by atoms with E-state index in [4.69, 9.17) is 23.5 Å². The quantitative estimate of drug-likeness (QED) is 0.415. The van der Waals surface area contributed by atoms with E-state index in [-0.39, 0.29) is 25.2 Å². The maximum absolute atomic E-state index is 13.0. The van der Waals surface area contributed by atoms with E-state index in [1.54, 1.807) is 39.0 Å². The first-order valence-electron chi connectivity index (χ1n) is 11.2. The average molecular weight is 463 g/mol. The summed E-state index contributed by atoms with van der Waals surface area (Å²) >= 11 is 0. The Balaban J connectivity index is 2.27. The Morgan fingerprint density at radius 1 is 0.970 bits per heavy atom. The molecule has 1 heterocycles. The second-order valence-electron chi connectivity index (χ2n) is 8.56. The summed E-state index contributed by atoms with van der Waals surface area (Å²) in [6, 6.07) is 3.79. The van der Waals surface area contributed by atoms with Crippen LogP contribution in [-0.4, -0.2) is 62.0 Å². The molecule has 1 aromatic carbocycles. The van der Waals surface area contributed by atoms with Crippen molar-refractivity contribution in [2.75, 3.05) is 19.8 Å². The first-order chi connectivity index (χ1) is 15.5. The molecule has 1 N–H and O–H groups in total. The Bertz CT molecular complexity index is 854. The highest BCUT2D eigenvalue weighted by Crippen LogP contribution is 2.36. The number of ether oxygens (including phenoxy) is 3. The lowest BCUT2D eigenvalue weighted by Crippen LogP contribution is -2.44. The van der Waals surface area contributed by atoms with Crippen LogP contribution in [-0.2, 0) is 28.4 Å². The Morgan fingerprint density at radius 2 is 1.58 bits per heavy atom. The van der Waals surface area contributed by atoms with Gasteiger partial charge in [0.2, 0.25) is 0 Å². The summed E-state index contributed by atoms with van der Waals surface area (Å²) in [7, 11) is -0.623. The van der Waals surface area contributed by atoms with Crippen LogP contribution in [0.5, 0.6) is 5.75 Å². The molecular weight excluding hydrogens is 429 g/mol. The topological polar surface area (TPSA) is 109 Å². The van der Waals surface area contributed by atoms with Crippen molar-refractivity contribution in [1.29, 1.82) is 0 Å². The minimum Gasteiger partial charge on any atom is -0.493 e. The van der Waals surface area contributed by atoms with Gasteiger partial charge in [0.15, 0.2) is 0 Å². The Labute approximate surface area is 195 Å². The standard InChI is InChI=1S/C23H34BNO8/c1-8-29-18-13-15(24-32-22(4,5)23(6,7)33-24)11-12-16(18)20(27)25-17(21(28)31-10-3)14-19(26)30-9-2/h11-13,17H,8-10,14H2,1-7H3,(H,25,27)/t17-/m0/s1. The highest BCUT2D eigenvalue weighted by molar-refractivity contribution is 6.62. The monoisotopic (exact) mass is 463 g/mol. The number of carbonyl (C=O) groups excluding carboxylic acids is 3. The second-order valence-corrected chi connectivity index (χ2v) is 8.56. The minimum absolute atomic E-state index is 0.112. The van der Waals surface area contributed by atoms with Crippen molar-refractivity contribution in [3.05, 3.63) is 23.8 Å². The van der Waals surface area contributed by atoms with Gasteiger partial charge in [-0.3, -0.25) is 9.59 Å². The van der Waals surface area contributed by atoms with Gasteiger partial charge in [0.1, 0.15) is 11.8 Å². The summed E-state index contributed by atoms with van der Waals surface area (Å²) < 4.78 is 27.8. The third-order valence-electron chi connectivity index (χ3n) is 5.63. The van der Waals surface area contributed by atoms with Gasteiger partial charge in [0, 0.05) is 0 Å². The van der Waals surface area contributed by atoms with Gasteiger partial charge in [-0.1, -0.05) is 6.07 Å². The van der Waals surface area contributed by atoms with Crippen LogP contribution in [0.1, 0.15) is 65.2 Å². The maximum Gasteiger partial charge on any atom is 0.494 e. The summed E-state index contributed by atoms with van der Waals surface area (Å²) in [4.78, 5) is 37.2. The summed E-state index contributed by atoms with van der Waals surface area (Å²) in [5.74, 6) is -1.61. The van der Waals surface area contributed by atoms with Crippen LogP contribution in [0.3, 0.4) is 0 Å². The molecule has 0 saturated carbocycles. The van der Waals surface area contributed by atoms with Gasteiger partial charge < -0.3 is 28.8 Å². The van der Waals surface area contributed by atoms with Crippen LogP contribution in [0.25, 0.3) is 0 Å². The summed E-state index contributed by atoms with van der Waals surface area (Å²) in [5, 5.41) is 2.56. The van der Waals surface area contributed by atoms with Crippen LogP contribution in [0.2, 0.25) is 0 Å². The maximum atomic E-state index is 13.0. The number of nitrogens with one attached hydrogen (secondary N) is 1. The molecule has 33 heavy (non-hydrogen) atoms. The van der Waals surface area contributed by atoms with Crippen molar-refractivity contribution in [3.8, 4) is 5.75 Å². The molecule has 1 aromatic rings. The molecule has 0 radical (unpaired) electrons. The molecule has 0 unspecified atom stereocenters. The molecule has 0 aromatic heterocycles. The predicted molar refractivity (Wildman–Crippen MR) is 122 cm³/mol. The molecule has 0 spiro atoms. The van der Waals surface area contributed by atoms with E-state index in [0.29, 0.717) is 17.8 Å². The van der Waals surface area contributed by atoms with E-state index in [1.807, 2.05) is 27.7 Å². The van der Waals surface area contributed by atoms with Crippen molar-refractivity contribution in [2.45, 2.75) is 72.1 Å². The third-order valence-corrected chi connectivity index (χ3v) is 5.63. The number of amides is 1. The van der Waals surface area contributed by atoms with Crippen molar-refractivity contribution >= 4 is 30.4 Å². The van der Waals surface area contributed by atoms with Gasteiger partial charge in [-0.15, -0.1) is 0 Å². The van der Waals surface area contributed by atoms with E-state index in [1.165, 1.54) is 0 Å². The Hall–Kier alpha value is -2.59. The van der Waals surface area contributed by atoms with E-state index < -0.39 is 42.2 Å². The molecule has 1 amide bonds. The molecule has 1 aliphatic rings. The average Bonchev–Trinajstić information content (AvgIpc) is 2.95. The number of hydrogen-bond acceptors (Lipinski definition) is 8. The van der Waals surface area contributed by atoms with E-state index in [9.17, 15) is 14.4 Å². The number of esters is 2. The van der Waals surface area contributed by atoms with E-state index in [0.717, 1.165) is 0 Å². The molecule has 9 nitrogen and oxygen atoms in total. The van der Waals surface area contributed by atoms with Gasteiger partial charge in [-0.05, 0) is 66.1 Å². The lowest BCUT2D eigenvalue weighted by molar-refractivity contribution is -0.152. The normalized spacial score (nSPS) is 17.2. The van der Waals surface area contributed by atoms with E-state index >= 15 is 0 Å². The number of carbonyl (C=O) groups is 3. The fourth-order valence-electron chi connectivity index (χ4n) is 3.19. The highest BCUT2D eigenvalue weighted by Gasteiger charge is 2.51. The van der Waals surface area contributed by atoms with Crippen LogP contribution in [0.15, 0.2) is 18.2 Å². The van der Waals surface area contributed by atoms with Crippen molar-refractivity contribution in [3.63, 3.8) is 0 Å². The van der Waals surface area contributed by atoms with Gasteiger partial charge >= 0.3 is 19.1 Å². The Kier molecular flexibility index (Phi) is 8.91. The predicted octanol–water partition coefficient (Wildman–Crippen LogP) is 2.00. The van der Waals surface area contributed by atoms with Gasteiger partial charge in [0.05, 0.1) is 43.0 Å². The Morgan fingerprint density at radius 3 is 2.12 bits per heavy atom. The van der Waals surface area contributed by atoms with Crippen LogP contribution in [0.4, 0.5) is 0 Å². The summed E-state index contributed by atoms with van der Waals surface area (Å²) in [5.41, 5.74) is -0.129. The van der Waals surface area contributed by atoms with Crippen LogP contribution < -0.4 is 15.5 Å². The molecule has 1 fully saturated rings. The van der Waals surface area contributed by atoms with Gasteiger partial charge in [-0.25, -0.2) is 4.79 Å². The first-order valence-corrected chi connectivity index (χ1v) is 11.2. The molecule has 0 bridgehead atoms. The molecule has 10 heteroatoms. The highest BCUT2D eigenvalue weighted by atomic mass is 16.7. The molecule has 1 atom stereocenters. The third kappa shape index (κ3) is 6.48. The zero-order chi connectivity index (χ0) is 24.8. The van der Waals surface area contributed by atoms with Crippen molar-refractivity contribution in [2.24, 2.45) is 0 Å². The number of rotatable bonds is 10. The van der Waals surface area contributed by atoms with Gasteiger partial charge in [-0.2, -0.15) is 0 Å². The fourth-order valence-corrected chi connectivity index (χ4v) is 3.19. The van der Waals surface area contributed by atoms with Crippen LogP contribution in [0, 0.1) is 0 Å². The molecule has 0 aliphatic carbocycles. The SMILES string of the molecule is CCOC(=O)C[C@H](NC(=O)c1ccc(B2OC(C)(C)C(C)(C)O2)cc1OCC)C(=O)OCC. The summed E-state index contributed by atoms with van der Waals surface area (Å²) in [6.45, 7) is 13.5. The smallest absolute Gasteiger partial charge is 0.493 e.